The quantitative estimate of drug-likeness (QED) is 0.549. The van der Waals surface area contributed by atoms with Crippen molar-refractivity contribution in [2.45, 2.75) is 17.7 Å². The van der Waals surface area contributed by atoms with Crippen LogP contribution in [-0.2, 0) is 26.1 Å². The van der Waals surface area contributed by atoms with Gasteiger partial charge in [0.15, 0.2) is 0 Å². The highest BCUT2D eigenvalue weighted by atomic mass is 35.5. The summed E-state index contributed by atoms with van der Waals surface area (Å²) in [5.74, 6) is -0.864. The van der Waals surface area contributed by atoms with Crippen molar-refractivity contribution in [2.75, 3.05) is 7.11 Å². The summed E-state index contributed by atoms with van der Waals surface area (Å²) in [4.78, 5) is 15.6. The minimum absolute atomic E-state index is 0.0409. The highest BCUT2D eigenvalue weighted by Gasteiger charge is 2.13. The van der Waals surface area contributed by atoms with Gasteiger partial charge in [0.05, 0.1) is 17.7 Å². The highest BCUT2D eigenvalue weighted by molar-refractivity contribution is 7.89. The molecule has 2 aromatic carbocycles. The summed E-state index contributed by atoms with van der Waals surface area (Å²) in [5.41, 5.74) is 4.53. The van der Waals surface area contributed by atoms with Gasteiger partial charge in [-0.05, 0) is 36.2 Å². The van der Waals surface area contributed by atoms with Crippen molar-refractivity contribution in [1.82, 2.24) is 10.2 Å². The van der Waals surface area contributed by atoms with E-state index in [1.807, 2.05) is 0 Å². The number of hydroxylamine groups is 1. The highest BCUT2D eigenvalue weighted by Crippen LogP contribution is 2.16. The molecule has 0 aliphatic heterocycles. The van der Waals surface area contributed by atoms with Crippen LogP contribution < -0.4 is 10.2 Å². The van der Waals surface area contributed by atoms with E-state index in [0.717, 1.165) is 5.56 Å². The van der Waals surface area contributed by atoms with Crippen LogP contribution in [-0.4, -0.2) is 26.6 Å². The maximum absolute atomic E-state index is 12.4. The maximum Gasteiger partial charge on any atom is 0.303 e. The number of nitrogens with one attached hydrogen (secondary N) is 2. The van der Waals surface area contributed by atoms with Gasteiger partial charge in [0.1, 0.15) is 0 Å². The van der Waals surface area contributed by atoms with Crippen molar-refractivity contribution in [2.24, 2.45) is 0 Å². The Hall–Kier alpha value is -2.55. The number of hydrogen-bond acceptors (Lipinski definition) is 5. The summed E-state index contributed by atoms with van der Waals surface area (Å²) in [6, 6.07) is 12.8. The first kappa shape index (κ1) is 20.8. The summed E-state index contributed by atoms with van der Waals surface area (Å²) in [5, 5.41) is 9.17. The van der Waals surface area contributed by atoms with E-state index in [1.54, 1.807) is 24.3 Å². The topological polar surface area (TPSA) is 105 Å². The van der Waals surface area contributed by atoms with Crippen LogP contribution in [0.4, 0.5) is 0 Å². The third-order valence-corrected chi connectivity index (χ3v) is 5.16. The first-order valence-electron chi connectivity index (χ1n) is 7.90. The Morgan fingerprint density at radius 1 is 1.15 bits per heavy atom. The maximum atomic E-state index is 12.4. The third-order valence-electron chi connectivity index (χ3n) is 3.59. The molecule has 2 rings (SSSR count). The number of carbonyl (C=O) groups is 1. The SMILES string of the molecule is CONC(=CNS(=O)(=O)c1ccc(Cl)cc1)c1ccc(CCC(=O)O)cc1. The van der Waals surface area contributed by atoms with Gasteiger partial charge in [0.2, 0.25) is 0 Å². The largest absolute Gasteiger partial charge is 0.481 e. The lowest BCUT2D eigenvalue weighted by Crippen LogP contribution is -2.21. The fraction of sp³-hybridized carbons (Fsp3) is 0.167. The molecule has 7 nitrogen and oxygen atoms in total. The summed E-state index contributed by atoms with van der Waals surface area (Å²) >= 11 is 5.78. The second-order valence-electron chi connectivity index (χ2n) is 5.53. The first-order chi connectivity index (χ1) is 12.8. The van der Waals surface area contributed by atoms with Crippen molar-refractivity contribution < 1.29 is 23.2 Å². The molecule has 0 unspecified atom stereocenters. The van der Waals surface area contributed by atoms with E-state index in [-0.39, 0.29) is 11.3 Å². The minimum atomic E-state index is -3.77. The molecule has 0 atom stereocenters. The zero-order valence-electron chi connectivity index (χ0n) is 14.5. The standard InChI is InChI=1S/C18H19ClN2O5S/c1-26-21-17(14-5-2-13(3-6-14)4-11-18(22)23)12-20-27(24,25)16-9-7-15(19)8-10-16/h2-3,5-10,12,20-21H,4,11H2,1H3,(H,22,23). The van der Waals surface area contributed by atoms with E-state index in [4.69, 9.17) is 21.5 Å². The number of rotatable bonds is 9. The average Bonchev–Trinajstić information content (AvgIpc) is 2.64. The van der Waals surface area contributed by atoms with Gasteiger partial charge in [-0.2, -0.15) is 0 Å². The van der Waals surface area contributed by atoms with Gasteiger partial charge in [-0.15, -0.1) is 0 Å². The number of halogens is 1. The molecule has 0 fully saturated rings. The fourth-order valence-corrected chi connectivity index (χ4v) is 3.23. The van der Waals surface area contributed by atoms with Gasteiger partial charge in [0, 0.05) is 23.2 Å². The molecule has 0 bridgehead atoms. The lowest BCUT2D eigenvalue weighted by atomic mass is 10.1. The number of aryl methyl sites for hydroxylation is 1. The Labute approximate surface area is 162 Å². The summed E-state index contributed by atoms with van der Waals surface area (Å²) in [6.07, 6.45) is 1.73. The van der Waals surface area contributed by atoms with Gasteiger partial charge in [0.25, 0.3) is 10.0 Å². The van der Waals surface area contributed by atoms with Crippen molar-refractivity contribution in [3.63, 3.8) is 0 Å². The molecule has 0 aliphatic rings. The number of benzene rings is 2. The second-order valence-corrected chi connectivity index (χ2v) is 7.68. The zero-order chi connectivity index (χ0) is 19.9. The Morgan fingerprint density at radius 3 is 2.33 bits per heavy atom. The summed E-state index contributed by atoms with van der Waals surface area (Å²) < 4.78 is 27.1. The molecule has 9 heteroatoms. The van der Waals surface area contributed by atoms with E-state index < -0.39 is 16.0 Å². The van der Waals surface area contributed by atoms with E-state index >= 15 is 0 Å². The molecule has 2 aromatic rings. The Morgan fingerprint density at radius 2 is 1.78 bits per heavy atom. The van der Waals surface area contributed by atoms with E-state index in [2.05, 4.69) is 10.2 Å². The smallest absolute Gasteiger partial charge is 0.303 e. The molecule has 0 aliphatic carbocycles. The molecular weight excluding hydrogens is 392 g/mol. The monoisotopic (exact) mass is 410 g/mol. The van der Waals surface area contributed by atoms with Gasteiger partial charge < -0.3 is 5.11 Å². The molecule has 3 N–H and O–H groups in total. The van der Waals surface area contributed by atoms with Crippen LogP contribution in [0.1, 0.15) is 17.5 Å². The van der Waals surface area contributed by atoms with Gasteiger partial charge >= 0.3 is 5.97 Å². The summed E-state index contributed by atoms with van der Waals surface area (Å²) in [7, 11) is -2.37. The third kappa shape index (κ3) is 6.28. The number of carboxylic acid groups (broad SMARTS) is 1. The van der Waals surface area contributed by atoms with E-state index in [0.29, 0.717) is 22.7 Å². The molecule has 0 saturated heterocycles. The van der Waals surface area contributed by atoms with Crippen molar-refractivity contribution in [3.8, 4) is 0 Å². The molecule has 0 radical (unpaired) electrons. The lowest BCUT2D eigenvalue weighted by Gasteiger charge is -2.11. The van der Waals surface area contributed by atoms with Crippen LogP contribution in [0, 0.1) is 0 Å². The molecule has 0 aromatic heterocycles. The molecular formula is C18H19ClN2O5S. The predicted octanol–water partition coefficient (Wildman–Crippen LogP) is 2.79. The molecule has 0 saturated carbocycles. The van der Waals surface area contributed by atoms with Crippen LogP contribution >= 0.6 is 11.6 Å². The first-order valence-corrected chi connectivity index (χ1v) is 9.76. The zero-order valence-corrected chi connectivity index (χ0v) is 16.0. The van der Waals surface area contributed by atoms with Gasteiger partial charge in [-0.1, -0.05) is 35.9 Å². The minimum Gasteiger partial charge on any atom is -0.481 e. The average molecular weight is 411 g/mol. The van der Waals surface area contributed by atoms with Crippen LogP contribution in [0.15, 0.2) is 59.6 Å². The number of hydrogen-bond donors (Lipinski definition) is 3. The van der Waals surface area contributed by atoms with Crippen molar-refractivity contribution in [3.05, 3.63) is 70.9 Å². The van der Waals surface area contributed by atoms with E-state index in [9.17, 15) is 13.2 Å². The Kier molecular flexibility index (Phi) is 7.23. The lowest BCUT2D eigenvalue weighted by molar-refractivity contribution is -0.136. The molecule has 0 spiro atoms. The van der Waals surface area contributed by atoms with Crippen LogP contribution in [0.2, 0.25) is 5.02 Å². The number of sulfonamides is 1. The molecule has 144 valence electrons. The molecule has 0 heterocycles. The van der Waals surface area contributed by atoms with Crippen molar-refractivity contribution in [1.29, 1.82) is 0 Å². The van der Waals surface area contributed by atoms with Gasteiger partial charge in [-0.3, -0.25) is 19.8 Å². The number of carboxylic acids is 1. The van der Waals surface area contributed by atoms with Crippen LogP contribution in [0.5, 0.6) is 0 Å². The fourth-order valence-electron chi connectivity index (χ4n) is 2.20. The normalized spacial score (nSPS) is 11.9. The van der Waals surface area contributed by atoms with Gasteiger partial charge in [-0.25, -0.2) is 8.42 Å². The Balaban J connectivity index is 2.18. The molecule has 27 heavy (non-hydrogen) atoms. The van der Waals surface area contributed by atoms with Crippen LogP contribution in [0.25, 0.3) is 5.70 Å². The second kappa shape index (κ2) is 9.40. The number of aliphatic carboxylic acids is 1. The predicted molar refractivity (Wildman–Crippen MR) is 102 cm³/mol. The van der Waals surface area contributed by atoms with Crippen LogP contribution in [0.3, 0.4) is 0 Å². The molecule has 0 amide bonds. The van der Waals surface area contributed by atoms with E-state index in [1.165, 1.54) is 37.6 Å². The summed E-state index contributed by atoms with van der Waals surface area (Å²) in [6.45, 7) is 0. The Bertz CT molecular complexity index is 910. The van der Waals surface area contributed by atoms with Crippen molar-refractivity contribution >= 4 is 33.3 Å².